The largest absolute Gasteiger partial charge is 0.200 e. The lowest BCUT2D eigenvalue weighted by atomic mass is 9.76. The van der Waals surface area contributed by atoms with Crippen LogP contribution < -0.4 is 0 Å². The predicted octanol–water partition coefficient (Wildman–Crippen LogP) is 3.07. The Morgan fingerprint density at radius 3 is 2.78 bits per heavy atom. The van der Waals surface area contributed by atoms with E-state index < -0.39 is 0 Å². The maximum absolute atomic E-state index is 5.36. The second-order valence-electron chi connectivity index (χ2n) is 5.08. The maximum Gasteiger partial charge on any atom is 0.174 e. The van der Waals surface area contributed by atoms with Crippen LogP contribution >= 0.6 is 24.0 Å². The molecule has 1 aliphatic heterocycles. The minimum atomic E-state index is -0.0110. The van der Waals surface area contributed by atoms with E-state index in [0.717, 1.165) is 16.6 Å². The molecule has 1 unspecified atom stereocenters. The smallest absolute Gasteiger partial charge is 0.174 e. The van der Waals surface area contributed by atoms with Crippen LogP contribution in [-0.4, -0.2) is 40.0 Å². The van der Waals surface area contributed by atoms with Crippen LogP contribution in [0.25, 0.3) is 0 Å². The molecule has 0 N–H and O–H groups in total. The van der Waals surface area contributed by atoms with Crippen LogP contribution in [0.5, 0.6) is 0 Å². The zero-order valence-corrected chi connectivity index (χ0v) is 13.2. The molecule has 0 saturated carbocycles. The molecule has 98 valence electrons. The van der Waals surface area contributed by atoms with Crippen molar-refractivity contribution >= 4 is 34.0 Å². The van der Waals surface area contributed by atoms with Gasteiger partial charge in [-0.1, -0.05) is 23.9 Å². The van der Waals surface area contributed by atoms with Crippen molar-refractivity contribution in [2.75, 3.05) is 19.8 Å². The van der Waals surface area contributed by atoms with E-state index in [1.54, 1.807) is 11.8 Å². The van der Waals surface area contributed by atoms with Gasteiger partial charge in [-0.25, -0.2) is 5.01 Å². The van der Waals surface area contributed by atoms with Crippen molar-refractivity contribution < 1.29 is 0 Å². The van der Waals surface area contributed by atoms with Crippen molar-refractivity contribution in [3.05, 3.63) is 23.3 Å². The summed E-state index contributed by atoms with van der Waals surface area (Å²) in [5.41, 5.74) is 3.67. The van der Waals surface area contributed by atoms with Gasteiger partial charge < -0.3 is 0 Å². The molecule has 18 heavy (non-hydrogen) atoms. The average molecular weight is 281 g/mol. The minimum Gasteiger partial charge on any atom is -0.200 e. The summed E-state index contributed by atoms with van der Waals surface area (Å²) >= 11 is 6.91. The van der Waals surface area contributed by atoms with Crippen LogP contribution in [0.2, 0.25) is 0 Å². The Morgan fingerprint density at radius 2 is 2.17 bits per heavy atom. The first-order valence-corrected chi connectivity index (χ1v) is 7.57. The molecule has 0 aromatic heterocycles. The molecule has 2 aliphatic rings. The van der Waals surface area contributed by atoms with Crippen LogP contribution in [0.1, 0.15) is 20.8 Å². The molecule has 5 heteroatoms. The summed E-state index contributed by atoms with van der Waals surface area (Å²) in [7, 11) is 2.03. The van der Waals surface area contributed by atoms with Gasteiger partial charge in [0.2, 0.25) is 0 Å². The number of nitrogens with zero attached hydrogens (tertiary/aromatic N) is 3. The molecule has 0 spiro atoms. The molecule has 3 nitrogen and oxygen atoms in total. The normalized spacial score (nSPS) is 28.3. The first-order chi connectivity index (χ1) is 8.39. The van der Waals surface area contributed by atoms with E-state index in [0.29, 0.717) is 0 Å². The molecular weight excluding hydrogens is 262 g/mol. The topological polar surface area (TPSA) is 18.8 Å². The van der Waals surface area contributed by atoms with E-state index >= 15 is 0 Å². The van der Waals surface area contributed by atoms with Gasteiger partial charge in [-0.15, -0.1) is 0 Å². The summed E-state index contributed by atoms with van der Waals surface area (Å²) in [6.45, 7) is 7.40. The molecular formula is C13H19N3S2. The summed E-state index contributed by atoms with van der Waals surface area (Å²) in [5.74, 6) is 0. The third kappa shape index (κ3) is 2.15. The Kier molecular flexibility index (Phi) is 3.67. The fourth-order valence-electron chi connectivity index (χ4n) is 2.42. The van der Waals surface area contributed by atoms with Gasteiger partial charge in [0.25, 0.3) is 0 Å². The van der Waals surface area contributed by atoms with E-state index in [2.05, 4.69) is 37.9 Å². The lowest BCUT2D eigenvalue weighted by molar-refractivity contribution is 0.0502. The number of fused-ring (bicyclic) bond motifs is 1. The number of hydrogen-bond donors (Lipinski definition) is 0. The van der Waals surface area contributed by atoms with Gasteiger partial charge in [-0.05, 0) is 50.4 Å². The fraction of sp³-hybridized carbons (Fsp3) is 0.538. The van der Waals surface area contributed by atoms with Crippen molar-refractivity contribution in [2.24, 2.45) is 10.5 Å². The van der Waals surface area contributed by atoms with Crippen LogP contribution in [0.4, 0.5) is 0 Å². The number of allylic oxidation sites excluding steroid dienone is 3. The predicted molar refractivity (Wildman–Crippen MR) is 83.6 cm³/mol. The molecule has 0 aromatic carbocycles. The van der Waals surface area contributed by atoms with E-state index in [1.807, 2.05) is 18.4 Å². The first kappa shape index (κ1) is 13.8. The van der Waals surface area contributed by atoms with E-state index in [4.69, 9.17) is 17.3 Å². The second-order valence-corrected chi connectivity index (χ2v) is 6.52. The summed E-state index contributed by atoms with van der Waals surface area (Å²) < 4.78 is 0.784. The first-order valence-electron chi connectivity index (χ1n) is 5.94. The van der Waals surface area contributed by atoms with Crippen molar-refractivity contribution in [1.29, 1.82) is 0 Å². The highest BCUT2D eigenvalue weighted by Crippen LogP contribution is 2.36. The van der Waals surface area contributed by atoms with Gasteiger partial charge in [0.05, 0.1) is 5.71 Å². The monoisotopic (exact) mass is 281 g/mol. The Bertz CT molecular complexity index is 479. The van der Waals surface area contributed by atoms with Gasteiger partial charge in [0.15, 0.2) is 4.32 Å². The molecule has 1 atom stereocenters. The number of hydrazine groups is 1. The molecule has 2 rings (SSSR count). The highest BCUT2D eigenvalue weighted by molar-refractivity contribution is 8.22. The van der Waals surface area contributed by atoms with E-state index in [1.165, 1.54) is 11.1 Å². The summed E-state index contributed by atoms with van der Waals surface area (Å²) in [4.78, 5) is 0. The molecule has 0 saturated heterocycles. The SMILES string of the molecule is CSC(=S)N1N=C2C(C)=C(C)C=CC2(C)CN1C. The average Bonchev–Trinajstić information content (AvgIpc) is 2.33. The third-order valence-electron chi connectivity index (χ3n) is 3.60. The number of rotatable bonds is 0. The zero-order valence-electron chi connectivity index (χ0n) is 11.5. The van der Waals surface area contributed by atoms with Gasteiger partial charge in [0, 0.05) is 19.0 Å². The summed E-state index contributed by atoms with van der Waals surface area (Å²) in [6.07, 6.45) is 6.44. The van der Waals surface area contributed by atoms with Crippen molar-refractivity contribution in [2.45, 2.75) is 20.8 Å². The highest BCUT2D eigenvalue weighted by Gasteiger charge is 2.39. The highest BCUT2D eigenvalue weighted by atomic mass is 32.2. The van der Waals surface area contributed by atoms with Gasteiger partial charge in [-0.2, -0.15) is 10.2 Å². The lowest BCUT2D eigenvalue weighted by Gasteiger charge is -2.43. The van der Waals surface area contributed by atoms with Gasteiger partial charge in [-0.3, -0.25) is 0 Å². The Balaban J connectivity index is 2.48. The van der Waals surface area contributed by atoms with Crippen molar-refractivity contribution in [3.8, 4) is 0 Å². The molecule has 1 aliphatic carbocycles. The Morgan fingerprint density at radius 1 is 1.50 bits per heavy atom. The van der Waals surface area contributed by atoms with Crippen LogP contribution in [0.15, 0.2) is 28.4 Å². The van der Waals surface area contributed by atoms with Crippen LogP contribution in [0.3, 0.4) is 0 Å². The van der Waals surface area contributed by atoms with Gasteiger partial charge in [0.1, 0.15) is 0 Å². The molecule has 0 bridgehead atoms. The zero-order chi connectivity index (χ0) is 13.5. The molecule has 0 amide bonds. The number of thioether (sulfide) groups is 1. The Labute approximate surface area is 119 Å². The van der Waals surface area contributed by atoms with Crippen molar-refractivity contribution in [1.82, 2.24) is 10.1 Å². The minimum absolute atomic E-state index is 0.0110. The lowest BCUT2D eigenvalue weighted by Crippen LogP contribution is -2.52. The fourth-order valence-corrected chi connectivity index (χ4v) is 2.94. The van der Waals surface area contributed by atoms with E-state index in [9.17, 15) is 0 Å². The summed E-state index contributed by atoms with van der Waals surface area (Å²) in [5, 5.41) is 8.69. The van der Waals surface area contributed by atoms with Crippen LogP contribution in [-0.2, 0) is 0 Å². The van der Waals surface area contributed by atoms with Crippen molar-refractivity contribution in [3.63, 3.8) is 0 Å². The Hall–Kier alpha value is -0.650. The standard InChI is InChI=1S/C13H19N3S2/c1-9-6-7-13(3)8-15(4)16(12(17)18-5)14-11(13)10(9)2/h6-7H,8H2,1-5H3. The summed E-state index contributed by atoms with van der Waals surface area (Å²) in [6, 6.07) is 0. The number of hydrogen-bond acceptors (Lipinski definition) is 4. The quantitative estimate of drug-likeness (QED) is 0.635. The molecule has 0 aromatic rings. The third-order valence-corrected chi connectivity index (χ3v) is 4.78. The van der Waals surface area contributed by atoms with Gasteiger partial charge >= 0.3 is 0 Å². The number of hydrazone groups is 1. The molecule has 0 fully saturated rings. The molecule has 0 radical (unpaired) electrons. The van der Waals surface area contributed by atoms with Crippen LogP contribution in [0, 0.1) is 5.41 Å². The number of thiocarbonyl (C=S) groups is 1. The van der Waals surface area contributed by atoms with E-state index in [-0.39, 0.29) is 5.41 Å². The molecule has 1 heterocycles. The second kappa shape index (κ2) is 4.79. The maximum atomic E-state index is 5.36.